The van der Waals surface area contributed by atoms with E-state index in [4.69, 9.17) is 16.9 Å². The molecule has 0 heterocycles. The number of nitrogens with one attached hydrogen (secondary N) is 2. The van der Waals surface area contributed by atoms with Crippen LogP contribution in [-0.2, 0) is 9.59 Å². The highest BCUT2D eigenvalue weighted by molar-refractivity contribution is 7.98. The first-order valence-corrected chi connectivity index (χ1v) is 10.1. The van der Waals surface area contributed by atoms with Crippen LogP contribution in [0.3, 0.4) is 0 Å². The van der Waals surface area contributed by atoms with Gasteiger partial charge in [-0.25, -0.2) is 0 Å². The molecule has 0 aliphatic heterocycles. The maximum atomic E-state index is 12.2. The number of carbonyl (C=O) groups is 2. The van der Waals surface area contributed by atoms with Gasteiger partial charge in [-0.3, -0.25) is 14.5 Å². The van der Waals surface area contributed by atoms with E-state index >= 15 is 0 Å². The fourth-order valence-electron chi connectivity index (χ4n) is 2.46. The number of carbonyl (C=O) groups excluding carboxylic acids is 2. The van der Waals surface area contributed by atoms with Crippen LogP contribution >= 0.6 is 23.4 Å². The van der Waals surface area contributed by atoms with E-state index in [1.54, 1.807) is 41.9 Å². The van der Waals surface area contributed by atoms with Crippen LogP contribution in [-0.4, -0.2) is 43.1 Å². The summed E-state index contributed by atoms with van der Waals surface area (Å²) in [7, 11) is 1.78. The number of hydrogen-bond donors (Lipinski definition) is 2. The summed E-state index contributed by atoms with van der Waals surface area (Å²) in [6.45, 7) is 0.603. The van der Waals surface area contributed by atoms with Crippen LogP contribution in [0.2, 0.25) is 5.02 Å². The Balaban J connectivity index is 1.79. The molecule has 2 amide bonds. The molecule has 0 saturated carbocycles. The molecular weight excluding hydrogens is 396 g/mol. The van der Waals surface area contributed by atoms with Crippen LogP contribution in [0.15, 0.2) is 47.4 Å². The normalized spacial score (nSPS) is 10.4. The fraction of sp³-hybridized carbons (Fsp3) is 0.250. The quantitative estimate of drug-likeness (QED) is 0.639. The van der Waals surface area contributed by atoms with Crippen molar-refractivity contribution < 1.29 is 9.59 Å². The third-order valence-corrected chi connectivity index (χ3v) is 5.00. The zero-order valence-corrected chi connectivity index (χ0v) is 17.2. The first-order valence-electron chi connectivity index (χ1n) is 8.54. The number of halogens is 1. The van der Waals surface area contributed by atoms with Crippen LogP contribution in [0.4, 0.5) is 11.4 Å². The average Bonchev–Trinajstić information content (AvgIpc) is 2.67. The van der Waals surface area contributed by atoms with E-state index in [2.05, 4.69) is 10.6 Å². The summed E-state index contributed by atoms with van der Waals surface area (Å²) in [6, 6.07) is 14.3. The molecule has 0 fully saturated rings. The zero-order chi connectivity index (χ0) is 20.5. The molecule has 2 N–H and O–H groups in total. The Bertz CT molecular complexity index is 898. The minimum Gasteiger partial charge on any atom is -0.326 e. The van der Waals surface area contributed by atoms with Gasteiger partial charge in [0.25, 0.3) is 0 Å². The Morgan fingerprint density at radius 1 is 1.18 bits per heavy atom. The first-order chi connectivity index (χ1) is 13.4. The van der Waals surface area contributed by atoms with Gasteiger partial charge in [0.05, 0.1) is 22.8 Å². The predicted octanol–water partition coefficient (Wildman–Crippen LogP) is 3.83. The van der Waals surface area contributed by atoms with E-state index in [0.29, 0.717) is 22.8 Å². The molecule has 0 unspecified atom stereocenters. The molecule has 0 aromatic heterocycles. The van der Waals surface area contributed by atoms with Gasteiger partial charge >= 0.3 is 0 Å². The minimum atomic E-state index is -0.194. The molecule has 0 atom stereocenters. The molecule has 0 aliphatic carbocycles. The summed E-state index contributed by atoms with van der Waals surface area (Å²) in [6.07, 6.45) is 2.18. The van der Waals surface area contributed by atoms with Crippen molar-refractivity contribution in [1.82, 2.24) is 4.90 Å². The SMILES string of the molecule is CSc1ccccc1NC(=O)CN(C)CCC(=O)Nc1ccc(C#N)c(Cl)c1. The van der Waals surface area contributed by atoms with E-state index in [1.807, 2.05) is 36.6 Å². The van der Waals surface area contributed by atoms with Gasteiger partial charge in [0.15, 0.2) is 0 Å². The van der Waals surface area contributed by atoms with Crippen LogP contribution < -0.4 is 10.6 Å². The monoisotopic (exact) mass is 416 g/mol. The van der Waals surface area contributed by atoms with Crippen LogP contribution in [0.1, 0.15) is 12.0 Å². The Kier molecular flexibility index (Phi) is 8.33. The molecule has 146 valence electrons. The van der Waals surface area contributed by atoms with Crippen LogP contribution in [0, 0.1) is 11.3 Å². The number of anilines is 2. The third kappa shape index (κ3) is 6.57. The molecule has 2 rings (SSSR count). The molecule has 8 heteroatoms. The van der Waals surface area contributed by atoms with Crippen molar-refractivity contribution in [2.45, 2.75) is 11.3 Å². The highest BCUT2D eigenvalue weighted by Gasteiger charge is 2.11. The lowest BCUT2D eigenvalue weighted by atomic mass is 10.2. The number of amides is 2. The van der Waals surface area contributed by atoms with Crippen molar-refractivity contribution in [3.05, 3.63) is 53.1 Å². The average molecular weight is 417 g/mol. The smallest absolute Gasteiger partial charge is 0.238 e. The number of thioether (sulfide) groups is 1. The van der Waals surface area contributed by atoms with E-state index in [0.717, 1.165) is 10.6 Å². The van der Waals surface area contributed by atoms with Gasteiger partial charge in [-0.2, -0.15) is 5.26 Å². The van der Waals surface area contributed by atoms with Crippen molar-refractivity contribution in [1.29, 1.82) is 5.26 Å². The number of likely N-dealkylation sites (N-methyl/N-ethyl adjacent to an activating group) is 1. The van der Waals surface area contributed by atoms with Crippen molar-refractivity contribution >= 4 is 46.6 Å². The molecule has 0 spiro atoms. The van der Waals surface area contributed by atoms with Gasteiger partial charge < -0.3 is 10.6 Å². The molecule has 2 aromatic rings. The summed E-state index contributed by atoms with van der Waals surface area (Å²) in [5.41, 5.74) is 1.67. The molecule has 0 aliphatic rings. The lowest BCUT2D eigenvalue weighted by Crippen LogP contribution is -2.32. The van der Waals surface area contributed by atoms with Crippen molar-refractivity contribution in [3.8, 4) is 6.07 Å². The van der Waals surface area contributed by atoms with Crippen LogP contribution in [0.5, 0.6) is 0 Å². The Morgan fingerprint density at radius 2 is 1.93 bits per heavy atom. The number of nitriles is 1. The third-order valence-electron chi connectivity index (χ3n) is 3.89. The molecule has 28 heavy (non-hydrogen) atoms. The highest BCUT2D eigenvalue weighted by Crippen LogP contribution is 2.24. The van der Waals surface area contributed by atoms with E-state index in [1.165, 1.54) is 0 Å². The lowest BCUT2D eigenvalue weighted by Gasteiger charge is -2.17. The minimum absolute atomic E-state index is 0.136. The number of para-hydroxylation sites is 1. The molecular formula is C20H21ClN4O2S. The number of nitrogens with zero attached hydrogens (tertiary/aromatic N) is 2. The number of hydrogen-bond acceptors (Lipinski definition) is 5. The Hall–Kier alpha value is -2.53. The molecule has 6 nitrogen and oxygen atoms in total. The topological polar surface area (TPSA) is 85.2 Å². The Morgan fingerprint density at radius 3 is 2.61 bits per heavy atom. The van der Waals surface area contributed by atoms with Gasteiger partial charge in [-0.15, -0.1) is 11.8 Å². The van der Waals surface area contributed by atoms with Crippen molar-refractivity contribution in [2.24, 2.45) is 0 Å². The summed E-state index contributed by atoms with van der Waals surface area (Å²) < 4.78 is 0. The molecule has 0 bridgehead atoms. The summed E-state index contributed by atoms with van der Waals surface area (Å²) >= 11 is 7.52. The van der Waals surface area contributed by atoms with Gasteiger partial charge in [-0.05, 0) is 43.6 Å². The second-order valence-electron chi connectivity index (χ2n) is 6.09. The summed E-state index contributed by atoms with van der Waals surface area (Å²) in [5.74, 6) is -0.330. The van der Waals surface area contributed by atoms with E-state index < -0.39 is 0 Å². The molecule has 0 saturated heterocycles. The largest absolute Gasteiger partial charge is 0.326 e. The van der Waals surface area contributed by atoms with Gasteiger partial charge in [0.2, 0.25) is 11.8 Å². The zero-order valence-electron chi connectivity index (χ0n) is 15.7. The van der Waals surface area contributed by atoms with Gasteiger partial charge in [-0.1, -0.05) is 23.7 Å². The summed E-state index contributed by atoms with van der Waals surface area (Å²) in [4.78, 5) is 27.1. The van der Waals surface area contributed by atoms with E-state index in [9.17, 15) is 9.59 Å². The van der Waals surface area contributed by atoms with Crippen molar-refractivity contribution in [2.75, 3.05) is 37.0 Å². The maximum Gasteiger partial charge on any atom is 0.238 e. The highest BCUT2D eigenvalue weighted by atomic mass is 35.5. The van der Waals surface area contributed by atoms with Crippen molar-refractivity contribution in [3.63, 3.8) is 0 Å². The molecule has 2 aromatic carbocycles. The standard InChI is InChI=1S/C20H21ClN4O2S/c1-25(13-20(27)24-17-5-3-4-6-18(17)28-2)10-9-19(26)23-15-8-7-14(12-22)16(21)11-15/h3-8,11H,9-10,13H2,1-2H3,(H,23,26)(H,24,27). The lowest BCUT2D eigenvalue weighted by molar-refractivity contribution is -0.119. The maximum absolute atomic E-state index is 12.2. The van der Waals surface area contributed by atoms with Gasteiger partial charge in [0.1, 0.15) is 6.07 Å². The fourth-order valence-corrected chi connectivity index (χ4v) is 3.24. The Labute approximate surface area is 173 Å². The van der Waals surface area contributed by atoms with E-state index in [-0.39, 0.29) is 24.8 Å². The number of benzene rings is 2. The van der Waals surface area contributed by atoms with Crippen LogP contribution in [0.25, 0.3) is 0 Å². The summed E-state index contributed by atoms with van der Waals surface area (Å²) in [5, 5.41) is 14.8. The van der Waals surface area contributed by atoms with Gasteiger partial charge in [0, 0.05) is 23.5 Å². The first kappa shape index (κ1) is 21.8. The number of rotatable bonds is 8. The predicted molar refractivity (Wildman–Crippen MR) is 114 cm³/mol. The molecule has 0 radical (unpaired) electrons. The second kappa shape index (κ2) is 10.7. The second-order valence-corrected chi connectivity index (χ2v) is 7.35.